The molecule has 0 aliphatic heterocycles. The van der Waals surface area contributed by atoms with Crippen molar-refractivity contribution in [3.63, 3.8) is 0 Å². The van der Waals surface area contributed by atoms with Crippen LogP contribution < -0.4 is 4.80 Å². The van der Waals surface area contributed by atoms with Gasteiger partial charge in [0.15, 0.2) is 4.80 Å². The fourth-order valence-corrected chi connectivity index (χ4v) is 4.10. The number of carbonyl (C=O) groups excluding carboxylic acids is 2. The highest BCUT2D eigenvalue weighted by Gasteiger charge is 2.13. The largest absolute Gasteiger partial charge is 0.465 e. The van der Waals surface area contributed by atoms with Gasteiger partial charge in [0.1, 0.15) is 6.54 Å². The van der Waals surface area contributed by atoms with Crippen molar-refractivity contribution in [3.8, 4) is 0 Å². The molecule has 0 saturated heterocycles. The smallest absolute Gasteiger partial charge is 0.326 e. The summed E-state index contributed by atoms with van der Waals surface area (Å²) in [5.74, 6) is -0.778. The third kappa shape index (κ3) is 4.23. The van der Waals surface area contributed by atoms with E-state index in [0.29, 0.717) is 15.4 Å². The molecule has 3 rings (SSSR count). The van der Waals surface area contributed by atoms with Crippen molar-refractivity contribution in [2.75, 3.05) is 6.61 Å². The van der Waals surface area contributed by atoms with Gasteiger partial charge in [-0.2, -0.15) is 4.99 Å². The third-order valence-corrected chi connectivity index (χ3v) is 5.28. The van der Waals surface area contributed by atoms with Crippen LogP contribution in [0.3, 0.4) is 0 Å². The van der Waals surface area contributed by atoms with Crippen molar-refractivity contribution >= 4 is 61.0 Å². The summed E-state index contributed by atoms with van der Waals surface area (Å²) >= 11 is 10.7. The second kappa shape index (κ2) is 8.16. The molecule has 1 aromatic heterocycles. The third-order valence-electron chi connectivity index (χ3n) is 3.51. The Labute approximate surface area is 167 Å². The van der Waals surface area contributed by atoms with Crippen molar-refractivity contribution in [2.24, 2.45) is 4.99 Å². The Morgan fingerprint density at radius 2 is 2.08 bits per heavy atom. The number of nitrogens with zero attached hydrogens (tertiary/aromatic N) is 2. The van der Waals surface area contributed by atoms with Crippen molar-refractivity contribution in [1.82, 2.24) is 4.57 Å². The van der Waals surface area contributed by atoms with Gasteiger partial charge in [-0.1, -0.05) is 44.9 Å². The molecular formula is C18H14BrClN2O3S. The molecule has 2 aromatic carbocycles. The number of thiazole rings is 1. The lowest BCUT2D eigenvalue weighted by Crippen LogP contribution is -2.23. The molecule has 0 fully saturated rings. The highest BCUT2D eigenvalue weighted by Crippen LogP contribution is 2.22. The Kier molecular flexibility index (Phi) is 5.90. The number of benzene rings is 2. The lowest BCUT2D eigenvalue weighted by atomic mass is 10.2. The summed E-state index contributed by atoms with van der Waals surface area (Å²) in [5.41, 5.74) is 1.23. The normalized spacial score (nSPS) is 11.7. The summed E-state index contributed by atoms with van der Waals surface area (Å²) in [4.78, 5) is 29.2. The molecule has 3 aromatic rings. The molecule has 0 saturated carbocycles. The zero-order valence-electron chi connectivity index (χ0n) is 13.7. The minimum atomic E-state index is -0.390. The molecule has 0 aliphatic carbocycles. The van der Waals surface area contributed by atoms with E-state index in [0.717, 1.165) is 14.7 Å². The molecule has 1 amide bonds. The summed E-state index contributed by atoms with van der Waals surface area (Å²) in [7, 11) is 0. The minimum Gasteiger partial charge on any atom is -0.465 e. The standard InChI is InChI=1S/C18H14BrClN2O3S/c1-2-25-16(23)10-22-14-7-6-13(20)9-15(14)26-18(22)21-17(24)11-4-3-5-12(19)8-11/h3-9H,2,10H2,1H3. The van der Waals surface area contributed by atoms with Crippen molar-refractivity contribution < 1.29 is 14.3 Å². The van der Waals surface area contributed by atoms with Gasteiger partial charge in [0.25, 0.3) is 5.91 Å². The molecule has 0 N–H and O–H groups in total. The van der Waals surface area contributed by atoms with Gasteiger partial charge in [0.05, 0.1) is 16.8 Å². The number of hydrogen-bond donors (Lipinski definition) is 0. The highest BCUT2D eigenvalue weighted by atomic mass is 79.9. The zero-order valence-corrected chi connectivity index (χ0v) is 16.9. The van der Waals surface area contributed by atoms with Crippen LogP contribution in [0.1, 0.15) is 17.3 Å². The SMILES string of the molecule is CCOC(=O)Cn1c(=NC(=O)c2cccc(Br)c2)sc2cc(Cl)ccc21. The van der Waals surface area contributed by atoms with Gasteiger partial charge in [-0.05, 0) is 43.3 Å². The number of aromatic nitrogens is 1. The number of rotatable bonds is 4. The predicted molar refractivity (Wildman–Crippen MR) is 105 cm³/mol. The topological polar surface area (TPSA) is 60.7 Å². The molecule has 0 bridgehead atoms. The molecule has 134 valence electrons. The maximum Gasteiger partial charge on any atom is 0.326 e. The summed E-state index contributed by atoms with van der Waals surface area (Å²) in [5, 5.41) is 0.576. The molecule has 26 heavy (non-hydrogen) atoms. The van der Waals surface area contributed by atoms with Crippen LogP contribution in [0.2, 0.25) is 5.02 Å². The molecular weight excluding hydrogens is 440 g/mol. The van der Waals surface area contributed by atoms with E-state index in [1.165, 1.54) is 11.3 Å². The number of amides is 1. The van der Waals surface area contributed by atoms with Crippen LogP contribution >= 0.6 is 38.9 Å². The number of ether oxygens (including phenoxy) is 1. The summed E-state index contributed by atoms with van der Waals surface area (Å²) in [6.45, 7) is 2.01. The van der Waals surface area contributed by atoms with Crippen molar-refractivity contribution in [3.05, 3.63) is 62.3 Å². The van der Waals surface area contributed by atoms with E-state index in [-0.39, 0.29) is 19.1 Å². The molecule has 5 nitrogen and oxygen atoms in total. The van der Waals surface area contributed by atoms with Gasteiger partial charge in [-0.3, -0.25) is 9.59 Å². The van der Waals surface area contributed by atoms with Gasteiger partial charge < -0.3 is 9.30 Å². The molecule has 0 aliphatic rings. The summed E-state index contributed by atoms with van der Waals surface area (Å²) < 4.78 is 8.33. The number of esters is 1. The van der Waals surface area contributed by atoms with Gasteiger partial charge >= 0.3 is 5.97 Å². The van der Waals surface area contributed by atoms with Crippen LogP contribution in [-0.4, -0.2) is 23.1 Å². The quantitative estimate of drug-likeness (QED) is 0.549. The van der Waals surface area contributed by atoms with E-state index in [4.69, 9.17) is 16.3 Å². The molecule has 0 radical (unpaired) electrons. The molecule has 1 heterocycles. The van der Waals surface area contributed by atoms with Crippen LogP contribution in [-0.2, 0) is 16.1 Å². The lowest BCUT2D eigenvalue weighted by Gasteiger charge is -2.05. The van der Waals surface area contributed by atoms with Crippen LogP contribution in [0, 0.1) is 0 Å². The van der Waals surface area contributed by atoms with E-state index < -0.39 is 5.97 Å². The van der Waals surface area contributed by atoms with Crippen LogP contribution in [0.5, 0.6) is 0 Å². The van der Waals surface area contributed by atoms with Gasteiger partial charge in [-0.25, -0.2) is 0 Å². The molecule has 0 atom stereocenters. The summed E-state index contributed by atoms with van der Waals surface area (Å²) in [6.07, 6.45) is 0. The molecule has 0 spiro atoms. The second-order valence-electron chi connectivity index (χ2n) is 5.32. The van der Waals surface area contributed by atoms with E-state index in [9.17, 15) is 9.59 Å². The van der Waals surface area contributed by atoms with Crippen LogP contribution in [0.4, 0.5) is 0 Å². The van der Waals surface area contributed by atoms with Gasteiger partial charge in [0.2, 0.25) is 0 Å². The predicted octanol–water partition coefficient (Wildman–Crippen LogP) is 4.42. The Morgan fingerprint density at radius 1 is 1.27 bits per heavy atom. The second-order valence-corrected chi connectivity index (χ2v) is 7.68. The van der Waals surface area contributed by atoms with Crippen molar-refractivity contribution in [1.29, 1.82) is 0 Å². The number of fused-ring (bicyclic) bond motifs is 1. The maximum atomic E-state index is 12.5. The van der Waals surface area contributed by atoms with Gasteiger partial charge in [-0.15, -0.1) is 0 Å². The average Bonchev–Trinajstić information content (AvgIpc) is 2.91. The van der Waals surface area contributed by atoms with E-state index in [1.807, 2.05) is 6.07 Å². The number of hydrogen-bond acceptors (Lipinski definition) is 4. The molecule has 8 heteroatoms. The van der Waals surface area contributed by atoms with Gasteiger partial charge in [0, 0.05) is 15.1 Å². The van der Waals surface area contributed by atoms with E-state index in [1.54, 1.807) is 47.9 Å². The minimum absolute atomic E-state index is 0.0277. The Bertz CT molecular complexity index is 1060. The first-order chi connectivity index (χ1) is 12.5. The first-order valence-electron chi connectivity index (χ1n) is 7.77. The zero-order chi connectivity index (χ0) is 18.7. The average molecular weight is 454 g/mol. The lowest BCUT2D eigenvalue weighted by molar-refractivity contribution is -0.143. The van der Waals surface area contributed by atoms with Crippen molar-refractivity contribution in [2.45, 2.75) is 13.5 Å². The first-order valence-corrected chi connectivity index (χ1v) is 9.76. The van der Waals surface area contributed by atoms with Crippen LogP contribution in [0.25, 0.3) is 10.2 Å². The summed E-state index contributed by atoms with van der Waals surface area (Å²) in [6, 6.07) is 12.3. The Balaban J connectivity index is 2.11. The Hall–Kier alpha value is -1.96. The fourth-order valence-electron chi connectivity index (χ4n) is 2.39. The first kappa shape index (κ1) is 18.8. The molecule has 0 unspecified atom stereocenters. The van der Waals surface area contributed by atoms with E-state index >= 15 is 0 Å². The maximum absolute atomic E-state index is 12.5. The monoisotopic (exact) mass is 452 g/mol. The van der Waals surface area contributed by atoms with E-state index in [2.05, 4.69) is 20.9 Å². The number of carbonyl (C=O) groups is 2. The fraction of sp³-hybridized carbons (Fsp3) is 0.167. The van der Waals surface area contributed by atoms with Crippen LogP contribution in [0.15, 0.2) is 51.9 Å². The highest BCUT2D eigenvalue weighted by molar-refractivity contribution is 9.10. The Morgan fingerprint density at radius 3 is 2.81 bits per heavy atom. The number of halogens is 2.